The lowest BCUT2D eigenvalue weighted by Gasteiger charge is -2.64. The molecule has 0 unspecified atom stereocenters. The number of carbonyl (C=O) groups is 1. The van der Waals surface area contributed by atoms with Crippen molar-refractivity contribution in [3.63, 3.8) is 0 Å². The van der Waals surface area contributed by atoms with Crippen LogP contribution < -0.4 is 5.73 Å². The maximum Gasteiger partial charge on any atom is 0.323 e. The lowest BCUT2D eigenvalue weighted by molar-refractivity contribution is -0.218. The Morgan fingerprint density at radius 2 is 1.58 bits per heavy atom. The van der Waals surface area contributed by atoms with E-state index in [2.05, 4.69) is 34.6 Å². The highest BCUT2D eigenvalue weighted by Gasteiger charge is 2.85. The van der Waals surface area contributed by atoms with E-state index in [-0.39, 0.29) is 75.4 Å². The SMILES string of the molecule is CC(C)[C@H](N)C(=O)O[C@H]1CC[C@]23C[C@]24CC[C@]2(C)[C@@H]([C@@]5(C)CC[C@@H](C(C)(C)O)O5)[C@@H](O)C[C@@]2(C)[C@@H]4C[C@H](O)[C@H]3C1(C)C.Cl. The molecule has 0 bridgehead atoms. The zero-order valence-electron chi connectivity index (χ0n) is 28.1. The van der Waals surface area contributed by atoms with Gasteiger partial charge in [0.15, 0.2) is 0 Å². The number of fused-ring (bicyclic) bond motifs is 2. The summed E-state index contributed by atoms with van der Waals surface area (Å²) in [5, 5.41) is 34.7. The minimum atomic E-state index is -0.912. The molecule has 0 aromatic heterocycles. The van der Waals surface area contributed by atoms with Gasteiger partial charge in [-0.15, -0.1) is 12.4 Å². The number of hydrogen-bond donors (Lipinski definition) is 4. The Labute approximate surface area is 265 Å². The molecule has 0 amide bonds. The molecule has 6 fully saturated rings. The fourth-order valence-corrected chi connectivity index (χ4v) is 12.8. The molecule has 5 N–H and O–H groups in total. The van der Waals surface area contributed by atoms with Gasteiger partial charge in [0.05, 0.1) is 29.5 Å². The molecule has 8 heteroatoms. The number of rotatable bonds is 5. The Morgan fingerprint density at radius 3 is 2.16 bits per heavy atom. The van der Waals surface area contributed by atoms with Crippen LogP contribution in [-0.2, 0) is 14.3 Å². The third kappa shape index (κ3) is 4.33. The molecule has 0 aromatic rings. The van der Waals surface area contributed by atoms with Crippen LogP contribution in [-0.4, -0.2) is 62.9 Å². The van der Waals surface area contributed by atoms with Crippen LogP contribution in [0, 0.1) is 50.7 Å². The molecule has 1 saturated heterocycles. The maximum atomic E-state index is 12.9. The highest BCUT2D eigenvalue weighted by atomic mass is 35.5. The average molecular weight is 626 g/mol. The molecule has 6 aliphatic rings. The van der Waals surface area contributed by atoms with E-state index in [1.165, 1.54) is 0 Å². The van der Waals surface area contributed by atoms with Gasteiger partial charge in [-0.3, -0.25) is 4.79 Å². The average Bonchev–Trinajstić information content (AvgIpc) is 3.22. The first-order valence-corrected chi connectivity index (χ1v) is 16.9. The summed E-state index contributed by atoms with van der Waals surface area (Å²) in [6.07, 6.45) is 6.74. The van der Waals surface area contributed by atoms with Crippen molar-refractivity contribution in [1.82, 2.24) is 0 Å². The van der Waals surface area contributed by atoms with Crippen molar-refractivity contribution in [2.45, 2.75) is 162 Å². The fraction of sp³-hybridized carbons (Fsp3) is 0.971. The molecule has 13 atom stereocenters. The van der Waals surface area contributed by atoms with Gasteiger partial charge in [0.25, 0.3) is 0 Å². The zero-order valence-corrected chi connectivity index (χ0v) is 28.9. The molecule has 1 heterocycles. The van der Waals surface area contributed by atoms with Gasteiger partial charge in [0.1, 0.15) is 12.1 Å². The minimum absolute atomic E-state index is 0. The zero-order chi connectivity index (χ0) is 31.1. The van der Waals surface area contributed by atoms with Gasteiger partial charge in [-0.25, -0.2) is 0 Å². The third-order valence-corrected chi connectivity index (χ3v) is 15.0. The Morgan fingerprint density at radius 1 is 0.930 bits per heavy atom. The van der Waals surface area contributed by atoms with E-state index in [1.54, 1.807) is 0 Å². The van der Waals surface area contributed by atoms with Crippen LogP contribution in [0.1, 0.15) is 120 Å². The monoisotopic (exact) mass is 625 g/mol. The van der Waals surface area contributed by atoms with E-state index in [4.69, 9.17) is 15.2 Å². The van der Waals surface area contributed by atoms with Gasteiger partial charge >= 0.3 is 5.97 Å². The van der Waals surface area contributed by atoms with Crippen molar-refractivity contribution in [2.24, 2.45) is 56.5 Å². The topological polar surface area (TPSA) is 122 Å². The number of halogens is 1. The number of carbonyl (C=O) groups excluding carboxylic acids is 1. The highest BCUT2D eigenvalue weighted by Crippen LogP contribution is 2.89. The molecule has 5 aliphatic carbocycles. The molecule has 0 aromatic carbocycles. The summed E-state index contributed by atoms with van der Waals surface area (Å²) in [7, 11) is 0. The second kappa shape index (κ2) is 10.0. The predicted octanol–water partition coefficient (Wildman–Crippen LogP) is 5.39. The van der Waals surface area contributed by atoms with Gasteiger partial charge in [-0.05, 0) is 118 Å². The number of nitrogens with two attached hydrogens (primary N) is 1. The number of hydrogen-bond acceptors (Lipinski definition) is 7. The molecular weight excluding hydrogens is 566 g/mol. The molecule has 7 nitrogen and oxygen atoms in total. The van der Waals surface area contributed by atoms with Crippen LogP contribution in [0.15, 0.2) is 0 Å². The Balaban J connectivity index is 0.00000368. The van der Waals surface area contributed by atoms with Gasteiger partial charge in [-0.2, -0.15) is 0 Å². The van der Waals surface area contributed by atoms with Crippen molar-refractivity contribution in [3.8, 4) is 0 Å². The van der Waals surface area contributed by atoms with E-state index < -0.39 is 29.5 Å². The third-order valence-electron chi connectivity index (χ3n) is 15.0. The lowest BCUT2D eigenvalue weighted by atomic mass is 9.41. The second-order valence-electron chi connectivity index (χ2n) is 18.1. The normalized spacial score (nSPS) is 52.3. The second-order valence-corrected chi connectivity index (χ2v) is 18.1. The van der Waals surface area contributed by atoms with Gasteiger partial charge in [0, 0.05) is 11.3 Å². The molecule has 6 rings (SSSR count). The van der Waals surface area contributed by atoms with E-state index in [1.807, 2.05) is 27.7 Å². The van der Waals surface area contributed by atoms with E-state index >= 15 is 0 Å². The number of aliphatic hydroxyl groups is 3. The number of ether oxygens (including phenoxy) is 2. The smallest absolute Gasteiger partial charge is 0.323 e. The van der Waals surface area contributed by atoms with Crippen molar-refractivity contribution in [2.75, 3.05) is 0 Å². The van der Waals surface area contributed by atoms with E-state index in [0.717, 1.165) is 57.8 Å². The summed E-state index contributed by atoms with van der Waals surface area (Å²) in [5.74, 6) is 0.0783. The van der Waals surface area contributed by atoms with Crippen molar-refractivity contribution in [1.29, 1.82) is 0 Å². The quantitative estimate of drug-likeness (QED) is 0.302. The molecule has 2 spiro atoms. The molecular formula is C35H60ClNO6. The summed E-state index contributed by atoms with van der Waals surface area (Å²) < 4.78 is 12.8. The van der Waals surface area contributed by atoms with Crippen molar-refractivity contribution in [3.05, 3.63) is 0 Å². The van der Waals surface area contributed by atoms with Crippen LogP contribution in [0.3, 0.4) is 0 Å². The summed E-state index contributed by atoms with van der Waals surface area (Å²) in [6.45, 7) is 18.9. The minimum Gasteiger partial charge on any atom is -0.461 e. The first kappa shape index (κ1) is 33.9. The number of aliphatic hydroxyl groups excluding tert-OH is 2. The van der Waals surface area contributed by atoms with Crippen LogP contribution in [0.25, 0.3) is 0 Å². The summed E-state index contributed by atoms with van der Waals surface area (Å²) in [4.78, 5) is 12.9. The Bertz CT molecular complexity index is 1120. The van der Waals surface area contributed by atoms with Gasteiger partial charge in [-0.1, -0.05) is 41.5 Å². The fourth-order valence-electron chi connectivity index (χ4n) is 12.8. The first-order chi connectivity index (χ1) is 19.2. The van der Waals surface area contributed by atoms with Crippen molar-refractivity contribution < 1.29 is 29.6 Å². The largest absolute Gasteiger partial charge is 0.461 e. The Kier molecular flexibility index (Phi) is 7.91. The lowest BCUT2D eigenvalue weighted by Crippen LogP contribution is -2.62. The molecule has 1 aliphatic heterocycles. The standard InChI is InChI=1S/C35H59NO6.ClH/c1-19(2)25(36)28(39)41-23-11-13-35-18-34(35)15-14-31(7)27(33(9)12-10-24(42-33)30(5,6)40)21(38)17-32(31,8)22(34)16-20(37)26(35)29(23,3)4;/h19-27,37-38,40H,10-18,36H2,1-9H3;1H/t20-,21-,22-,23-,24-,25-,26-,27-,31+,32-,33+,34-,35+;/m0./s1. The predicted molar refractivity (Wildman–Crippen MR) is 168 cm³/mol. The summed E-state index contributed by atoms with van der Waals surface area (Å²) >= 11 is 0. The van der Waals surface area contributed by atoms with Crippen LogP contribution >= 0.6 is 12.4 Å². The summed E-state index contributed by atoms with van der Waals surface area (Å²) in [6, 6.07) is -0.633. The molecule has 43 heavy (non-hydrogen) atoms. The molecule has 5 saturated carbocycles. The number of esters is 1. The Hall–Kier alpha value is -0.440. The van der Waals surface area contributed by atoms with E-state index in [0.29, 0.717) is 5.92 Å². The molecule has 248 valence electrons. The van der Waals surface area contributed by atoms with Crippen LogP contribution in [0.5, 0.6) is 0 Å². The van der Waals surface area contributed by atoms with E-state index in [9.17, 15) is 20.1 Å². The van der Waals surface area contributed by atoms with Crippen molar-refractivity contribution >= 4 is 18.4 Å². The summed E-state index contributed by atoms with van der Waals surface area (Å²) in [5.41, 5.74) is 4.37. The molecule has 0 radical (unpaired) electrons. The van der Waals surface area contributed by atoms with Gasteiger partial charge < -0.3 is 30.5 Å². The van der Waals surface area contributed by atoms with Gasteiger partial charge in [0.2, 0.25) is 0 Å². The first-order valence-electron chi connectivity index (χ1n) is 16.9. The highest BCUT2D eigenvalue weighted by molar-refractivity contribution is 5.85. The van der Waals surface area contributed by atoms with Crippen LogP contribution in [0.2, 0.25) is 0 Å². The maximum absolute atomic E-state index is 12.9. The van der Waals surface area contributed by atoms with Crippen LogP contribution in [0.4, 0.5) is 0 Å².